The summed E-state index contributed by atoms with van der Waals surface area (Å²) < 4.78 is 0. The number of nitrogens with one attached hydrogen (secondary N) is 1. The van der Waals surface area contributed by atoms with E-state index >= 15 is 0 Å². The minimum Gasteiger partial charge on any atom is -0.321 e. The molecule has 0 atom stereocenters. The van der Waals surface area contributed by atoms with Gasteiger partial charge in [-0.1, -0.05) is 55.5 Å². The Balaban J connectivity index is 1.82. The molecule has 3 rings (SSSR count). The fourth-order valence-electron chi connectivity index (χ4n) is 2.57. The number of carbonyl (C=O) groups excluding carboxylic acids is 1. The molecular weight excluding hydrogens is 298 g/mol. The Hall–Kier alpha value is -3.01. The van der Waals surface area contributed by atoms with Gasteiger partial charge in [-0.15, -0.1) is 0 Å². The lowest BCUT2D eigenvalue weighted by Gasteiger charge is -2.12. The molecule has 1 aromatic heterocycles. The summed E-state index contributed by atoms with van der Waals surface area (Å²) >= 11 is 0. The van der Waals surface area contributed by atoms with Gasteiger partial charge in [-0.25, -0.2) is 9.97 Å². The number of aromatic nitrogens is 2. The van der Waals surface area contributed by atoms with Crippen LogP contribution in [0.1, 0.15) is 28.4 Å². The Kier molecular flexibility index (Phi) is 4.66. The van der Waals surface area contributed by atoms with Gasteiger partial charge >= 0.3 is 0 Å². The van der Waals surface area contributed by atoms with E-state index in [2.05, 4.69) is 22.2 Å². The summed E-state index contributed by atoms with van der Waals surface area (Å²) in [5.41, 5.74) is 4.41. The second-order valence-corrected chi connectivity index (χ2v) is 5.58. The summed E-state index contributed by atoms with van der Waals surface area (Å²) in [5, 5.41) is 2.99. The molecule has 1 amide bonds. The average molecular weight is 317 g/mol. The summed E-state index contributed by atoms with van der Waals surface area (Å²) in [6.45, 7) is 4.06. The molecule has 0 saturated heterocycles. The van der Waals surface area contributed by atoms with Crippen molar-refractivity contribution in [1.29, 1.82) is 0 Å². The van der Waals surface area contributed by atoms with E-state index in [-0.39, 0.29) is 5.91 Å². The third-order valence-electron chi connectivity index (χ3n) is 3.92. The predicted molar refractivity (Wildman–Crippen MR) is 96.0 cm³/mol. The number of benzene rings is 2. The van der Waals surface area contributed by atoms with Crippen LogP contribution in [0.4, 0.5) is 5.69 Å². The van der Waals surface area contributed by atoms with Crippen LogP contribution in [0.3, 0.4) is 0 Å². The molecule has 0 saturated carbocycles. The highest BCUT2D eigenvalue weighted by Gasteiger charge is 2.12. The predicted octanol–water partition coefficient (Wildman–Crippen LogP) is 4.27. The second-order valence-electron chi connectivity index (χ2n) is 5.58. The molecule has 4 heteroatoms. The van der Waals surface area contributed by atoms with E-state index in [0.29, 0.717) is 11.4 Å². The van der Waals surface area contributed by atoms with Crippen molar-refractivity contribution in [3.63, 3.8) is 0 Å². The SMILES string of the molecule is CCc1cccc(C)c1NC(=O)c1cnc(-c2ccccc2)nc1. The van der Waals surface area contributed by atoms with Gasteiger partial charge in [0.1, 0.15) is 0 Å². The highest BCUT2D eigenvalue weighted by Crippen LogP contribution is 2.22. The Bertz CT molecular complexity index is 843. The quantitative estimate of drug-likeness (QED) is 0.782. The van der Waals surface area contributed by atoms with Gasteiger partial charge < -0.3 is 5.32 Å². The van der Waals surface area contributed by atoms with E-state index < -0.39 is 0 Å². The first-order chi connectivity index (χ1) is 11.7. The molecule has 0 radical (unpaired) electrons. The molecule has 0 spiro atoms. The van der Waals surface area contributed by atoms with E-state index in [1.54, 1.807) is 12.4 Å². The topological polar surface area (TPSA) is 54.9 Å². The van der Waals surface area contributed by atoms with Crippen LogP contribution in [0.5, 0.6) is 0 Å². The number of rotatable bonds is 4. The number of hydrogen-bond acceptors (Lipinski definition) is 3. The Labute approximate surface area is 141 Å². The van der Waals surface area contributed by atoms with Gasteiger partial charge in [0, 0.05) is 23.6 Å². The Morgan fingerprint density at radius 2 is 1.71 bits per heavy atom. The molecule has 2 aromatic carbocycles. The van der Waals surface area contributed by atoms with E-state index in [1.807, 2.05) is 55.5 Å². The Morgan fingerprint density at radius 3 is 2.38 bits per heavy atom. The van der Waals surface area contributed by atoms with Gasteiger partial charge in [0.25, 0.3) is 5.91 Å². The molecule has 0 bridgehead atoms. The minimum atomic E-state index is -0.196. The van der Waals surface area contributed by atoms with Gasteiger partial charge in [0.05, 0.1) is 5.56 Å². The lowest BCUT2D eigenvalue weighted by molar-refractivity contribution is 0.102. The number of anilines is 1. The van der Waals surface area contributed by atoms with E-state index in [1.165, 1.54) is 0 Å². The van der Waals surface area contributed by atoms with Crippen LogP contribution in [-0.4, -0.2) is 15.9 Å². The zero-order valence-corrected chi connectivity index (χ0v) is 13.8. The molecule has 24 heavy (non-hydrogen) atoms. The summed E-state index contributed by atoms with van der Waals surface area (Å²) in [5.74, 6) is 0.413. The molecule has 0 aliphatic rings. The largest absolute Gasteiger partial charge is 0.321 e. The van der Waals surface area contributed by atoms with Gasteiger partial charge in [-0.3, -0.25) is 4.79 Å². The average Bonchev–Trinajstić information content (AvgIpc) is 2.64. The van der Waals surface area contributed by atoms with Gasteiger partial charge in [0.2, 0.25) is 0 Å². The van der Waals surface area contributed by atoms with Crippen LogP contribution in [0.25, 0.3) is 11.4 Å². The zero-order chi connectivity index (χ0) is 16.9. The molecular formula is C20H19N3O. The van der Waals surface area contributed by atoms with Crippen LogP contribution in [-0.2, 0) is 6.42 Å². The first kappa shape index (κ1) is 15.9. The molecule has 0 fully saturated rings. The van der Waals surface area contributed by atoms with Crippen molar-refractivity contribution in [1.82, 2.24) is 9.97 Å². The fraction of sp³-hybridized carbons (Fsp3) is 0.150. The monoisotopic (exact) mass is 317 g/mol. The third-order valence-corrected chi connectivity index (χ3v) is 3.92. The van der Waals surface area contributed by atoms with Crippen molar-refractivity contribution in [3.05, 3.63) is 77.6 Å². The molecule has 0 aliphatic heterocycles. The maximum atomic E-state index is 12.5. The molecule has 1 heterocycles. The smallest absolute Gasteiger partial charge is 0.258 e. The van der Waals surface area contributed by atoms with Crippen molar-refractivity contribution >= 4 is 11.6 Å². The van der Waals surface area contributed by atoms with Gasteiger partial charge in [0.15, 0.2) is 5.82 Å². The number of aryl methyl sites for hydroxylation is 2. The fourth-order valence-corrected chi connectivity index (χ4v) is 2.57. The lowest BCUT2D eigenvalue weighted by Crippen LogP contribution is -2.15. The maximum absolute atomic E-state index is 12.5. The van der Waals surface area contributed by atoms with Crippen molar-refractivity contribution in [3.8, 4) is 11.4 Å². The standard InChI is InChI=1S/C20H19N3O/c1-3-15-11-7-8-14(2)18(15)23-20(24)17-12-21-19(22-13-17)16-9-5-4-6-10-16/h4-13H,3H2,1-2H3,(H,23,24). The van der Waals surface area contributed by atoms with Gasteiger partial charge in [-0.05, 0) is 24.5 Å². The third kappa shape index (κ3) is 3.33. The van der Waals surface area contributed by atoms with E-state index in [0.717, 1.165) is 28.8 Å². The van der Waals surface area contributed by atoms with Crippen LogP contribution < -0.4 is 5.32 Å². The summed E-state index contributed by atoms with van der Waals surface area (Å²) in [4.78, 5) is 21.1. The number of carbonyl (C=O) groups is 1. The van der Waals surface area contributed by atoms with Crippen LogP contribution >= 0.6 is 0 Å². The summed E-state index contributed by atoms with van der Waals surface area (Å²) in [7, 11) is 0. The zero-order valence-electron chi connectivity index (χ0n) is 13.8. The maximum Gasteiger partial charge on any atom is 0.258 e. The first-order valence-electron chi connectivity index (χ1n) is 7.96. The highest BCUT2D eigenvalue weighted by molar-refractivity contribution is 6.04. The lowest BCUT2D eigenvalue weighted by atomic mass is 10.1. The minimum absolute atomic E-state index is 0.196. The van der Waals surface area contributed by atoms with Crippen molar-refractivity contribution < 1.29 is 4.79 Å². The van der Waals surface area contributed by atoms with E-state index in [9.17, 15) is 4.79 Å². The Morgan fingerprint density at radius 1 is 1.00 bits per heavy atom. The number of para-hydroxylation sites is 1. The summed E-state index contributed by atoms with van der Waals surface area (Å²) in [6, 6.07) is 15.7. The van der Waals surface area contributed by atoms with Gasteiger partial charge in [-0.2, -0.15) is 0 Å². The van der Waals surface area contributed by atoms with Crippen molar-refractivity contribution in [2.45, 2.75) is 20.3 Å². The second kappa shape index (κ2) is 7.04. The molecule has 0 aliphatic carbocycles. The molecule has 1 N–H and O–H groups in total. The van der Waals surface area contributed by atoms with Crippen LogP contribution in [0, 0.1) is 6.92 Å². The highest BCUT2D eigenvalue weighted by atomic mass is 16.1. The molecule has 0 unspecified atom stereocenters. The molecule has 4 nitrogen and oxygen atoms in total. The normalized spacial score (nSPS) is 10.4. The van der Waals surface area contributed by atoms with E-state index in [4.69, 9.17) is 0 Å². The van der Waals surface area contributed by atoms with Crippen molar-refractivity contribution in [2.75, 3.05) is 5.32 Å². The number of nitrogens with zero attached hydrogens (tertiary/aromatic N) is 2. The van der Waals surface area contributed by atoms with Crippen LogP contribution in [0.2, 0.25) is 0 Å². The van der Waals surface area contributed by atoms with Crippen LogP contribution in [0.15, 0.2) is 60.9 Å². The number of hydrogen-bond donors (Lipinski definition) is 1. The number of amides is 1. The first-order valence-corrected chi connectivity index (χ1v) is 7.96. The molecule has 120 valence electrons. The van der Waals surface area contributed by atoms with Crippen molar-refractivity contribution in [2.24, 2.45) is 0 Å². The summed E-state index contributed by atoms with van der Waals surface area (Å²) in [6.07, 6.45) is 3.99. The molecule has 3 aromatic rings.